The zero-order chi connectivity index (χ0) is 14.5. The predicted octanol–water partition coefficient (Wildman–Crippen LogP) is 3.59. The Bertz CT molecular complexity index is 598. The molecule has 20 heavy (non-hydrogen) atoms. The number of benzene rings is 2. The van der Waals surface area contributed by atoms with Crippen LogP contribution in [0, 0.1) is 0 Å². The molecule has 0 spiro atoms. The predicted molar refractivity (Wildman–Crippen MR) is 78.4 cm³/mol. The molecule has 2 rings (SSSR count). The van der Waals surface area contributed by atoms with Crippen LogP contribution < -0.4 is 10.1 Å². The first-order chi connectivity index (χ1) is 9.60. The van der Waals surface area contributed by atoms with Gasteiger partial charge in [-0.15, -0.1) is 0 Å². The molecule has 0 heterocycles. The summed E-state index contributed by atoms with van der Waals surface area (Å²) in [5, 5.41) is 12.8. The van der Waals surface area contributed by atoms with Gasteiger partial charge in [0.1, 0.15) is 5.75 Å². The number of rotatable bonds is 5. The van der Waals surface area contributed by atoms with Gasteiger partial charge in [0, 0.05) is 10.7 Å². The van der Waals surface area contributed by atoms with Crippen molar-refractivity contribution in [3.63, 3.8) is 0 Å². The summed E-state index contributed by atoms with van der Waals surface area (Å²) in [5.41, 5.74) is 1.29. The van der Waals surface area contributed by atoms with Crippen LogP contribution in [0.25, 0.3) is 0 Å². The topological polar surface area (TPSA) is 58.6 Å². The van der Waals surface area contributed by atoms with Gasteiger partial charge in [-0.1, -0.05) is 23.7 Å². The van der Waals surface area contributed by atoms with Gasteiger partial charge < -0.3 is 15.2 Å². The Morgan fingerprint density at radius 2 is 1.95 bits per heavy atom. The van der Waals surface area contributed by atoms with Gasteiger partial charge in [0.05, 0.1) is 7.11 Å². The van der Waals surface area contributed by atoms with E-state index in [1.165, 1.54) is 0 Å². The molecule has 2 aromatic carbocycles. The fourth-order valence-electron chi connectivity index (χ4n) is 1.83. The van der Waals surface area contributed by atoms with E-state index >= 15 is 0 Å². The molecule has 104 valence electrons. The maximum atomic E-state index is 11.4. The maximum Gasteiger partial charge on any atom is 0.330 e. The zero-order valence-corrected chi connectivity index (χ0v) is 11.6. The van der Waals surface area contributed by atoms with Crippen LogP contribution in [-0.2, 0) is 4.79 Å². The van der Waals surface area contributed by atoms with Crippen molar-refractivity contribution in [1.82, 2.24) is 0 Å². The highest BCUT2D eigenvalue weighted by atomic mass is 35.5. The van der Waals surface area contributed by atoms with Crippen molar-refractivity contribution in [1.29, 1.82) is 0 Å². The minimum Gasteiger partial charge on any atom is -0.497 e. The highest BCUT2D eigenvalue weighted by Gasteiger charge is 2.19. The third-order valence-corrected chi connectivity index (χ3v) is 3.07. The standard InChI is InChI=1S/C15H14ClNO3/c1-20-13-7-5-12(6-8-13)17-14(15(18)19)10-3-2-4-11(16)9-10/h2-9,14,17H,1H3,(H,18,19). The van der Waals surface area contributed by atoms with Crippen molar-refractivity contribution in [2.24, 2.45) is 0 Å². The van der Waals surface area contributed by atoms with E-state index in [-0.39, 0.29) is 0 Å². The summed E-state index contributed by atoms with van der Waals surface area (Å²) in [7, 11) is 1.58. The van der Waals surface area contributed by atoms with Crippen LogP contribution in [0.1, 0.15) is 11.6 Å². The number of ether oxygens (including phenoxy) is 1. The largest absolute Gasteiger partial charge is 0.497 e. The Kier molecular flexibility index (Phi) is 4.48. The quantitative estimate of drug-likeness (QED) is 0.884. The van der Waals surface area contributed by atoms with E-state index in [1.54, 1.807) is 55.6 Å². The Morgan fingerprint density at radius 1 is 1.25 bits per heavy atom. The molecule has 1 unspecified atom stereocenters. The van der Waals surface area contributed by atoms with Crippen molar-refractivity contribution in [3.8, 4) is 5.75 Å². The van der Waals surface area contributed by atoms with Gasteiger partial charge in [0.25, 0.3) is 0 Å². The molecule has 0 saturated carbocycles. The first kappa shape index (κ1) is 14.2. The van der Waals surface area contributed by atoms with E-state index in [0.29, 0.717) is 22.0 Å². The summed E-state index contributed by atoms with van der Waals surface area (Å²) < 4.78 is 5.06. The average Bonchev–Trinajstić information content (AvgIpc) is 2.45. The fraction of sp³-hybridized carbons (Fsp3) is 0.133. The minimum atomic E-state index is -0.969. The molecule has 2 N–H and O–H groups in total. The lowest BCUT2D eigenvalue weighted by Gasteiger charge is -2.16. The highest BCUT2D eigenvalue weighted by Crippen LogP contribution is 2.24. The summed E-state index contributed by atoms with van der Waals surface area (Å²) in [6, 6.07) is 13.0. The average molecular weight is 292 g/mol. The van der Waals surface area contributed by atoms with Gasteiger partial charge in [-0.05, 0) is 42.0 Å². The van der Waals surface area contributed by atoms with Crippen molar-refractivity contribution >= 4 is 23.3 Å². The second-order valence-electron chi connectivity index (χ2n) is 4.20. The van der Waals surface area contributed by atoms with Gasteiger partial charge >= 0.3 is 5.97 Å². The number of nitrogens with one attached hydrogen (secondary N) is 1. The molecule has 0 aliphatic rings. The van der Waals surface area contributed by atoms with Crippen molar-refractivity contribution in [2.75, 3.05) is 12.4 Å². The van der Waals surface area contributed by atoms with E-state index in [0.717, 1.165) is 0 Å². The Morgan fingerprint density at radius 3 is 2.50 bits per heavy atom. The summed E-state index contributed by atoms with van der Waals surface area (Å²) in [5.74, 6) is -0.256. The van der Waals surface area contributed by atoms with E-state index in [4.69, 9.17) is 16.3 Å². The number of anilines is 1. The molecular formula is C15H14ClNO3. The summed E-state index contributed by atoms with van der Waals surface area (Å²) in [4.78, 5) is 11.4. The second-order valence-corrected chi connectivity index (χ2v) is 4.64. The van der Waals surface area contributed by atoms with E-state index in [9.17, 15) is 9.90 Å². The third kappa shape index (κ3) is 3.42. The van der Waals surface area contributed by atoms with Crippen LogP contribution >= 0.6 is 11.6 Å². The molecule has 0 aliphatic carbocycles. The van der Waals surface area contributed by atoms with Gasteiger partial charge in [-0.2, -0.15) is 0 Å². The molecule has 0 fully saturated rings. The summed E-state index contributed by atoms with van der Waals surface area (Å²) >= 11 is 5.90. The number of halogens is 1. The Labute approximate surface area is 122 Å². The SMILES string of the molecule is COc1ccc(NC(C(=O)O)c2cccc(Cl)c2)cc1. The minimum absolute atomic E-state index is 0.505. The molecule has 2 aromatic rings. The first-order valence-electron chi connectivity index (χ1n) is 5.99. The number of carboxylic acid groups (broad SMARTS) is 1. The van der Waals surface area contributed by atoms with Crippen LogP contribution in [0.4, 0.5) is 5.69 Å². The van der Waals surface area contributed by atoms with E-state index in [2.05, 4.69) is 5.32 Å². The lowest BCUT2D eigenvalue weighted by Crippen LogP contribution is -2.20. The molecule has 1 atom stereocenters. The molecule has 0 amide bonds. The number of carbonyl (C=O) groups is 1. The van der Waals surface area contributed by atoms with Crippen LogP contribution in [0.3, 0.4) is 0 Å². The lowest BCUT2D eigenvalue weighted by atomic mass is 10.1. The van der Waals surface area contributed by atoms with E-state index in [1.807, 2.05) is 0 Å². The van der Waals surface area contributed by atoms with Crippen molar-refractivity contribution < 1.29 is 14.6 Å². The lowest BCUT2D eigenvalue weighted by molar-refractivity contribution is -0.138. The molecule has 5 heteroatoms. The summed E-state index contributed by atoms with van der Waals surface area (Å²) in [6.07, 6.45) is 0. The molecule has 4 nitrogen and oxygen atoms in total. The van der Waals surface area contributed by atoms with Crippen LogP contribution in [-0.4, -0.2) is 18.2 Å². The fourth-order valence-corrected chi connectivity index (χ4v) is 2.03. The zero-order valence-electron chi connectivity index (χ0n) is 10.8. The maximum absolute atomic E-state index is 11.4. The van der Waals surface area contributed by atoms with E-state index < -0.39 is 12.0 Å². The molecular weight excluding hydrogens is 278 g/mol. The molecule has 0 radical (unpaired) electrons. The highest BCUT2D eigenvalue weighted by molar-refractivity contribution is 6.30. The normalized spacial score (nSPS) is 11.7. The van der Waals surface area contributed by atoms with Crippen molar-refractivity contribution in [2.45, 2.75) is 6.04 Å². The molecule has 0 aliphatic heterocycles. The summed E-state index contributed by atoms with van der Waals surface area (Å²) in [6.45, 7) is 0. The van der Waals surface area contributed by atoms with Gasteiger partial charge in [0.15, 0.2) is 6.04 Å². The molecule has 0 aromatic heterocycles. The third-order valence-electron chi connectivity index (χ3n) is 2.83. The number of carboxylic acids is 1. The second kappa shape index (κ2) is 6.30. The first-order valence-corrected chi connectivity index (χ1v) is 6.37. The number of hydrogen-bond donors (Lipinski definition) is 2. The number of hydrogen-bond acceptors (Lipinski definition) is 3. The van der Waals surface area contributed by atoms with Gasteiger partial charge in [-0.25, -0.2) is 4.79 Å². The van der Waals surface area contributed by atoms with Crippen molar-refractivity contribution in [3.05, 3.63) is 59.1 Å². The van der Waals surface area contributed by atoms with Crippen LogP contribution in [0.2, 0.25) is 5.02 Å². The van der Waals surface area contributed by atoms with Gasteiger partial charge in [-0.3, -0.25) is 0 Å². The number of methoxy groups -OCH3 is 1. The van der Waals surface area contributed by atoms with Crippen LogP contribution in [0.5, 0.6) is 5.75 Å². The van der Waals surface area contributed by atoms with Gasteiger partial charge in [0.2, 0.25) is 0 Å². The van der Waals surface area contributed by atoms with Crippen LogP contribution in [0.15, 0.2) is 48.5 Å². The molecule has 0 bridgehead atoms. The monoisotopic (exact) mass is 291 g/mol. The number of aliphatic carboxylic acids is 1. The molecule has 0 saturated heterocycles. The smallest absolute Gasteiger partial charge is 0.330 e. The Balaban J connectivity index is 2.23. The Hall–Kier alpha value is -2.20.